The number of carbonyl (C=O) groups excluding carboxylic acids is 1. The molecule has 0 spiro atoms. The van der Waals surface area contributed by atoms with Gasteiger partial charge < -0.3 is 4.74 Å². The van der Waals surface area contributed by atoms with Gasteiger partial charge in [0.25, 0.3) is 5.91 Å². The summed E-state index contributed by atoms with van der Waals surface area (Å²) in [5.74, 6) is 0.491. The van der Waals surface area contributed by atoms with Gasteiger partial charge in [0, 0.05) is 15.5 Å². The summed E-state index contributed by atoms with van der Waals surface area (Å²) in [5.41, 5.74) is 3.92. The van der Waals surface area contributed by atoms with E-state index < -0.39 is 0 Å². The number of benzene rings is 2. The smallest absolute Gasteiger partial charge is 0.264 e. The molecule has 2 aromatic carbocycles. The SMILES string of the molecule is Cc1ccc(OCC(=O)Nc2nc(-c3cccc(Cl)c3)c(C)s2)c(C(C)(C)C)c1. The highest BCUT2D eigenvalue weighted by Crippen LogP contribution is 2.33. The Hall–Kier alpha value is -2.37. The van der Waals surface area contributed by atoms with Crippen LogP contribution in [-0.4, -0.2) is 17.5 Å². The Labute approximate surface area is 180 Å². The Morgan fingerprint density at radius 3 is 2.62 bits per heavy atom. The summed E-state index contributed by atoms with van der Waals surface area (Å²) in [4.78, 5) is 18.0. The van der Waals surface area contributed by atoms with Crippen molar-refractivity contribution in [3.8, 4) is 17.0 Å². The second kappa shape index (κ2) is 8.56. The fraction of sp³-hybridized carbons (Fsp3) is 0.304. The van der Waals surface area contributed by atoms with Crippen LogP contribution in [0, 0.1) is 13.8 Å². The van der Waals surface area contributed by atoms with Crippen molar-refractivity contribution in [2.24, 2.45) is 0 Å². The van der Waals surface area contributed by atoms with Crippen molar-refractivity contribution < 1.29 is 9.53 Å². The molecule has 0 saturated heterocycles. The lowest BCUT2D eigenvalue weighted by atomic mass is 9.85. The van der Waals surface area contributed by atoms with Crippen LogP contribution in [-0.2, 0) is 10.2 Å². The van der Waals surface area contributed by atoms with Crippen molar-refractivity contribution in [2.45, 2.75) is 40.0 Å². The van der Waals surface area contributed by atoms with Gasteiger partial charge in [0.05, 0.1) is 5.69 Å². The van der Waals surface area contributed by atoms with E-state index in [1.807, 2.05) is 50.2 Å². The number of aromatic nitrogens is 1. The minimum atomic E-state index is -0.239. The summed E-state index contributed by atoms with van der Waals surface area (Å²) in [6.45, 7) is 10.3. The van der Waals surface area contributed by atoms with E-state index in [1.165, 1.54) is 16.9 Å². The molecule has 0 atom stereocenters. The highest BCUT2D eigenvalue weighted by atomic mass is 35.5. The van der Waals surface area contributed by atoms with Gasteiger partial charge >= 0.3 is 0 Å². The van der Waals surface area contributed by atoms with Crippen LogP contribution >= 0.6 is 22.9 Å². The van der Waals surface area contributed by atoms with Crippen molar-refractivity contribution in [3.05, 3.63) is 63.5 Å². The maximum atomic E-state index is 12.4. The maximum Gasteiger partial charge on any atom is 0.264 e. The summed E-state index contributed by atoms with van der Waals surface area (Å²) in [5, 5.41) is 4.04. The number of hydrogen-bond donors (Lipinski definition) is 1. The number of carbonyl (C=O) groups is 1. The number of aryl methyl sites for hydroxylation is 2. The van der Waals surface area contributed by atoms with Crippen LogP contribution in [0.5, 0.6) is 5.75 Å². The zero-order valence-electron chi connectivity index (χ0n) is 17.3. The first-order valence-electron chi connectivity index (χ1n) is 9.40. The average molecular weight is 429 g/mol. The molecule has 0 fully saturated rings. The molecule has 1 heterocycles. The number of ether oxygens (including phenoxy) is 1. The van der Waals surface area contributed by atoms with E-state index in [9.17, 15) is 4.79 Å². The number of hydrogen-bond acceptors (Lipinski definition) is 4. The largest absolute Gasteiger partial charge is 0.483 e. The lowest BCUT2D eigenvalue weighted by Crippen LogP contribution is -2.22. The molecule has 6 heteroatoms. The Morgan fingerprint density at radius 2 is 1.93 bits per heavy atom. The van der Waals surface area contributed by atoms with Crippen LogP contribution in [0.15, 0.2) is 42.5 Å². The molecule has 1 N–H and O–H groups in total. The van der Waals surface area contributed by atoms with Crippen LogP contribution in [0.1, 0.15) is 36.8 Å². The molecule has 0 saturated carbocycles. The molecular formula is C23H25ClN2O2S. The molecule has 0 aliphatic rings. The minimum Gasteiger partial charge on any atom is -0.483 e. The molecule has 4 nitrogen and oxygen atoms in total. The third kappa shape index (κ3) is 5.37. The van der Waals surface area contributed by atoms with Gasteiger partial charge in [-0.2, -0.15) is 0 Å². The maximum absolute atomic E-state index is 12.4. The third-order valence-corrected chi connectivity index (χ3v) is 5.56. The van der Waals surface area contributed by atoms with Crippen LogP contribution < -0.4 is 10.1 Å². The molecule has 0 unspecified atom stereocenters. The quantitative estimate of drug-likeness (QED) is 0.511. The molecule has 1 amide bonds. The molecule has 0 radical (unpaired) electrons. The van der Waals surface area contributed by atoms with Gasteiger partial charge in [0.1, 0.15) is 5.75 Å². The Balaban J connectivity index is 1.69. The predicted octanol–water partition coefficient (Wildman–Crippen LogP) is 6.40. The topological polar surface area (TPSA) is 51.2 Å². The predicted molar refractivity (Wildman–Crippen MR) is 121 cm³/mol. The van der Waals surface area contributed by atoms with Gasteiger partial charge in [-0.1, -0.05) is 62.2 Å². The minimum absolute atomic E-state index is 0.0722. The molecule has 29 heavy (non-hydrogen) atoms. The highest BCUT2D eigenvalue weighted by molar-refractivity contribution is 7.16. The van der Waals surface area contributed by atoms with E-state index in [4.69, 9.17) is 16.3 Å². The molecule has 1 aromatic heterocycles. The lowest BCUT2D eigenvalue weighted by Gasteiger charge is -2.23. The van der Waals surface area contributed by atoms with Gasteiger partial charge in [0.15, 0.2) is 11.7 Å². The summed E-state index contributed by atoms with van der Waals surface area (Å²) < 4.78 is 5.84. The van der Waals surface area contributed by atoms with Crippen LogP contribution in [0.2, 0.25) is 5.02 Å². The summed E-state index contributed by atoms with van der Waals surface area (Å²) in [6, 6.07) is 13.5. The molecule has 3 aromatic rings. The first kappa shape index (κ1) is 21.3. The Morgan fingerprint density at radius 1 is 1.17 bits per heavy atom. The van der Waals surface area contributed by atoms with E-state index in [0.717, 1.165) is 27.4 Å². The van der Waals surface area contributed by atoms with Crippen LogP contribution in [0.3, 0.4) is 0 Å². The van der Waals surface area contributed by atoms with E-state index in [2.05, 4.69) is 37.1 Å². The fourth-order valence-corrected chi connectivity index (χ4v) is 4.05. The number of nitrogens with one attached hydrogen (secondary N) is 1. The molecule has 3 rings (SSSR count). The normalized spacial score (nSPS) is 11.4. The van der Waals surface area contributed by atoms with Crippen molar-refractivity contribution in [2.75, 3.05) is 11.9 Å². The van der Waals surface area contributed by atoms with Crippen molar-refractivity contribution in [1.82, 2.24) is 4.98 Å². The molecular weight excluding hydrogens is 404 g/mol. The van der Waals surface area contributed by atoms with Gasteiger partial charge in [-0.15, -0.1) is 11.3 Å². The average Bonchev–Trinajstić information content (AvgIpc) is 3.00. The first-order chi connectivity index (χ1) is 13.6. The van der Waals surface area contributed by atoms with E-state index >= 15 is 0 Å². The van der Waals surface area contributed by atoms with Gasteiger partial charge in [0.2, 0.25) is 0 Å². The Bertz CT molecular complexity index is 1040. The second-order valence-corrected chi connectivity index (χ2v) is 9.66. The summed E-state index contributed by atoms with van der Waals surface area (Å²) in [6.07, 6.45) is 0. The number of rotatable bonds is 5. The van der Waals surface area contributed by atoms with Crippen LogP contribution in [0.4, 0.5) is 5.13 Å². The summed E-state index contributed by atoms with van der Waals surface area (Å²) >= 11 is 7.51. The van der Waals surface area contributed by atoms with Gasteiger partial charge in [-0.25, -0.2) is 4.98 Å². The second-order valence-electron chi connectivity index (χ2n) is 8.02. The van der Waals surface area contributed by atoms with Crippen LogP contribution in [0.25, 0.3) is 11.3 Å². The number of thiazole rings is 1. The lowest BCUT2D eigenvalue weighted by molar-refractivity contribution is -0.118. The standard InChI is InChI=1S/C23H25ClN2O2S/c1-14-9-10-19(18(11-14)23(3,4)5)28-13-20(27)25-22-26-21(15(2)29-22)16-7-6-8-17(24)12-16/h6-12H,13H2,1-5H3,(H,25,26,27). The molecule has 0 aliphatic heterocycles. The van der Waals surface area contributed by atoms with Gasteiger partial charge in [-0.3, -0.25) is 10.1 Å². The van der Waals surface area contributed by atoms with Crippen molar-refractivity contribution in [1.29, 1.82) is 0 Å². The third-order valence-electron chi connectivity index (χ3n) is 4.44. The van der Waals surface area contributed by atoms with E-state index in [-0.39, 0.29) is 17.9 Å². The number of anilines is 1. The highest BCUT2D eigenvalue weighted by Gasteiger charge is 2.20. The molecule has 0 bridgehead atoms. The zero-order chi connectivity index (χ0) is 21.2. The fourth-order valence-electron chi connectivity index (χ4n) is 3.01. The number of halogens is 1. The van der Waals surface area contributed by atoms with Crippen molar-refractivity contribution in [3.63, 3.8) is 0 Å². The number of amides is 1. The Kier molecular flexibility index (Phi) is 6.30. The van der Waals surface area contributed by atoms with Gasteiger partial charge in [-0.05, 0) is 43.0 Å². The first-order valence-corrected chi connectivity index (χ1v) is 10.6. The molecule has 152 valence electrons. The van der Waals surface area contributed by atoms with E-state index in [1.54, 1.807) is 0 Å². The van der Waals surface area contributed by atoms with E-state index in [0.29, 0.717) is 10.2 Å². The van der Waals surface area contributed by atoms with Crippen molar-refractivity contribution >= 4 is 34.0 Å². The monoisotopic (exact) mass is 428 g/mol. The number of nitrogens with zero attached hydrogens (tertiary/aromatic N) is 1. The summed E-state index contributed by atoms with van der Waals surface area (Å²) in [7, 11) is 0. The molecule has 0 aliphatic carbocycles. The zero-order valence-corrected chi connectivity index (χ0v) is 18.9.